The van der Waals surface area contributed by atoms with Crippen molar-refractivity contribution in [1.82, 2.24) is 24.7 Å². The largest absolute Gasteiger partial charge is 0.361 e. The van der Waals surface area contributed by atoms with E-state index in [1.165, 1.54) is 0 Å². The molecule has 9 nitrogen and oxygen atoms in total. The van der Waals surface area contributed by atoms with Gasteiger partial charge in [0.2, 0.25) is 0 Å². The summed E-state index contributed by atoms with van der Waals surface area (Å²) < 4.78 is 30.6. The van der Waals surface area contributed by atoms with Crippen molar-refractivity contribution in [2.24, 2.45) is 4.40 Å². The minimum absolute atomic E-state index is 0.208. The number of hydrogen-bond donors (Lipinski definition) is 0. The van der Waals surface area contributed by atoms with Crippen molar-refractivity contribution in [3.8, 4) is 0 Å². The van der Waals surface area contributed by atoms with Gasteiger partial charge in [-0.1, -0.05) is 12.1 Å². The summed E-state index contributed by atoms with van der Waals surface area (Å²) in [5.41, 5.74) is 1.42. The van der Waals surface area contributed by atoms with Gasteiger partial charge in [0.05, 0.1) is 0 Å². The van der Waals surface area contributed by atoms with E-state index in [2.05, 4.69) is 24.6 Å². The van der Waals surface area contributed by atoms with Crippen LogP contribution in [0.2, 0.25) is 0 Å². The van der Waals surface area contributed by atoms with Gasteiger partial charge in [0, 0.05) is 38.7 Å². The molecule has 2 aliphatic heterocycles. The van der Waals surface area contributed by atoms with E-state index in [9.17, 15) is 8.42 Å². The Morgan fingerprint density at radius 1 is 1.03 bits per heavy atom. The lowest BCUT2D eigenvalue weighted by Crippen LogP contribution is -2.38. The smallest absolute Gasteiger partial charge is 0.285 e. The van der Waals surface area contributed by atoms with Crippen LogP contribution < -0.4 is 4.90 Å². The molecule has 0 spiro atoms. The highest BCUT2D eigenvalue weighted by atomic mass is 32.2. The number of likely N-dealkylation sites (tertiary alicyclic amines) is 1. The first kappa shape index (κ1) is 18.0. The van der Waals surface area contributed by atoms with Gasteiger partial charge in [0.25, 0.3) is 10.0 Å². The summed E-state index contributed by atoms with van der Waals surface area (Å²) in [6, 6.07) is 10.9. The van der Waals surface area contributed by atoms with Gasteiger partial charge in [-0.3, -0.25) is 0 Å². The van der Waals surface area contributed by atoms with Crippen molar-refractivity contribution in [2.75, 3.05) is 32.1 Å². The van der Waals surface area contributed by atoms with E-state index in [1.807, 2.05) is 47.8 Å². The molecule has 5 rings (SSSR count). The van der Waals surface area contributed by atoms with Crippen molar-refractivity contribution in [1.29, 1.82) is 0 Å². The summed E-state index contributed by atoms with van der Waals surface area (Å²) in [6.07, 6.45) is 1.66. The number of benzene rings is 1. The number of aromatic nitrogens is 4. The lowest BCUT2D eigenvalue weighted by molar-refractivity contribution is 0.306. The van der Waals surface area contributed by atoms with Crippen LogP contribution in [0.5, 0.6) is 0 Å². The molecule has 10 heteroatoms. The molecule has 150 valence electrons. The summed E-state index contributed by atoms with van der Waals surface area (Å²) in [7, 11) is 0.301. The van der Waals surface area contributed by atoms with E-state index in [0.717, 1.165) is 30.1 Å². The van der Waals surface area contributed by atoms with Gasteiger partial charge in [-0.05, 0) is 37.1 Å². The third-order valence-electron chi connectivity index (χ3n) is 5.50. The molecule has 0 amide bonds. The molecule has 0 radical (unpaired) electrons. The van der Waals surface area contributed by atoms with Crippen LogP contribution in [0.4, 0.5) is 5.82 Å². The monoisotopic (exact) mass is 411 g/mol. The summed E-state index contributed by atoms with van der Waals surface area (Å²) in [4.78, 5) is 4.30. The Morgan fingerprint density at radius 3 is 2.55 bits per heavy atom. The van der Waals surface area contributed by atoms with E-state index in [1.54, 1.807) is 12.1 Å². The van der Waals surface area contributed by atoms with Crippen molar-refractivity contribution in [2.45, 2.75) is 23.7 Å². The van der Waals surface area contributed by atoms with Crippen LogP contribution in [0, 0.1) is 0 Å². The van der Waals surface area contributed by atoms with E-state index in [4.69, 9.17) is 0 Å². The second-order valence-corrected chi connectivity index (χ2v) is 9.13. The Kier molecular flexibility index (Phi) is 4.05. The Bertz CT molecular complexity index is 1220. The number of sulfonamides is 1. The quantitative estimate of drug-likeness (QED) is 0.631. The normalized spacial score (nSPS) is 18.7. The second-order valence-electron chi connectivity index (χ2n) is 7.56. The van der Waals surface area contributed by atoms with Gasteiger partial charge in [0.1, 0.15) is 10.7 Å². The van der Waals surface area contributed by atoms with Crippen molar-refractivity contribution in [3.05, 3.63) is 47.8 Å². The summed E-state index contributed by atoms with van der Waals surface area (Å²) in [5.74, 6) is 2.46. The van der Waals surface area contributed by atoms with Gasteiger partial charge in [-0.15, -0.1) is 19.7 Å². The van der Waals surface area contributed by atoms with Gasteiger partial charge >= 0.3 is 0 Å². The minimum atomic E-state index is -3.60. The Balaban J connectivity index is 1.39. The van der Waals surface area contributed by atoms with Crippen molar-refractivity contribution in [3.63, 3.8) is 0 Å². The molecule has 1 saturated heterocycles. The second kappa shape index (κ2) is 6.51. The Labute approximate surface area is 168 Å². The maximum atomic E-state index is 12.3. The lowest BCUT2D eigenvalue weighted by atomic mass is 9.95. The maximum absolute atomic E-state index is 12.3. The van der Waals surface area contributed by atoms with E-state index >= 15 is 0 Å². The van der Waals surface area contributed by atoms with Crippen LogP contribution >= 0.6 is 0 Å². The highest BCUT2D eigenvalue weighted by Gasteiger charge is 2.34. The Hall–Kier alpha value is -3.01. The average molecular weight is 411 g/mol. The first-order chi connectivity index (χ1) is 13.9. The van der Waals surface area contributed by atoms with Crippen LogP contribution in [-0.4, -0.2) is 66.1 Å². The zero-order valence-corrected chi connectivity index (χ0v) is 17.0. The molecular weight excluding hydrogens is 390 g/mol. The standard InChI is InChI=1S/C19H21N7O2S/c1-24(2)17-8-7-16-20-21-18(26(16)22-17)13-9-11-25(12-10-13)19-14-5-3-4-6-15(14)29(27,28)23-19/h3-8,13H,9-12H2,1-2H3. The van der Waals surface area contributed by atoms with Crippen LogP contribution in [0.25, 0.3) is 5.65 Å². The highest BCUT2D eigenvalue weighted by Crippen LogP contribution is 2.32. The summed E-state index contributed by atoms with van der Waals surface area (Å²) >= 11 is 0. The molecule has 0 aliphatic carbocycles. The van der Waals surface area contributed by atoms with Crippen LogP contribution in [0.15, 0.2) is 45.7 Å². The molecule has 4 heterocycles. The topological polar surface area (TPSA) is 96.1 Å². The predicted octanol–water partition coefficient (Wildman–Crippen LogP) is 1.52. The number of hydrogen-bond acceptors (Lipinski definition) is 7. The van der Waals surface area contributed by atoms with E-state index in [0.29, 0.717) is 29.4 Å². The molecule has 0 bridgehead atoms. The fraction of sp³-hybridized carbons (Fsp3) is 0.368. The predicted molar refractivity (Wildman–Crippen MR) is 109 cm³/mol. The van der Waals surface area contributed by atoms with Gasteiger partial charge in [-0.25, -0.2) is 0 Å². The molecule has 1 fully saturated rings. The first-order valence-electron chi connectivity index (χ1n) is 9.53. The van der Waals surface area contributed by atoms with Gasteiger partial charge < -0.3 is 9.80 Å². The molecule has 1 aromatic carbocycles. The fourth-order valence-electron chi connectivity index (χ4n) is 3.95. The molecule has 0 atom stereocenters. The summed E-state index contributed by atoms with van der Waals surface area (Å²) in [6.45, 7) is 1.41. The zero-order chi connectivity index (χ0) is 20.2. The van der Waals surface area contributed by atoms with Gasteiger partial charge in [-0.2, -0.15) is 12.9 Å². The zero-order valence-electron chi connectivity index (χ0n) is 16.2. The third kappa shape index (κ3) is 2.94. The number of nitrogens with zero attached hydrogens (tertiary/aromatic N) is 7. The number of piperidine rings is 1. The van der Waals surface area contributed by atoms with E-state index in [-0.39, 0.29) is 5.92 Å². The highest BCUT2D eigenvalue weighted by molar-refractivity contribution is 7.90. The number of rotatable bonds is 2. The van der Waals surface area contributed by atoms with Crippen LogP contribution in [-0.2, 0) is 10.0 Å². The molecular formula is C19H21N7O2S. The first-order valence-corrected chi connectivity index (χ1v) is 11.0. The lowest BCUT2D eigenvalue weighted by Gasteiger charge is -2.32. The SMILES string of the molecule is CN(C)c1ccc2nnc(C3CCN(C4=NS(=O)(=O)c5ccccc54)CC3)n2n1. The number of fused-ring (bicyclic) bond motifs is 2. The number of anilines is 1. The number of amidine groups is 1. The maximum Gasteiger partial charge on any atom is 0.285 e. The molecule has 29 heavy (non-hydrogen) atoms. The van der Waals surface area contributed by atoms with E-state index < -0.39 is 10.0 Å². The van der Waals surface area contributed by atoms with Crippen LogP contribution in [0.3, 0.4) is 0 Å². The van der Waals surface area contributed by atoms with Crippen molar-refractivity contribution >= 4 is 27.3 Å². The fourth-order valence-corrected chi connectivity index (χ4v) is 5.18. The van der Waals surface area contributed by atoms with Crippen molar-refractivity contribution < 1.29 is 8.42 Å². The molecule has 0 saturated carbocycles. The molecule has 2 aromatic heterocycles. The minimum Gasteiger partial charge on any atom is -0.361 e. The average Bonchev–Trinajstić information content (AvgIpc) is 3.26. The molecule has 2 aliphatic rings. The Morgan fingerprint density at radius 2 is 1.79 bits per heavy atom. The third-order valence-corrected chi connectivity index (χ3v) is 6.83. The molecule has 3 aromatic rings. The van der Waals surface area contributed by atoms with Crippen LogP contribution in [0.1, 0.15) is 30.1 Å². The summed E-state index contributed by atoms with van der Waals surface area (Å²) in [5, 5.41) is 13.3. The molecule has 0 unspecified atom stereocenters. The molecule has 0 N–H and O–H groups in total. The van der Waals surface area contributed by atoms with Gasteiger partial charge in [0.15, 0.2) is 17.3 Å².